The molecule has 0 radical (unpaired) electrons. The van der Waals surface area contributed by atoms with E-state index in [1.54, 1.807) is 6.92 Å². The Balaban J connectivity index is 0.00000196. The number of Topliss-reactive ketones (excluding diaryl/α,β-unsaturated/α-hetero) is 1. The fourth-order valence-electron chi connectivity index (χ4n) is 1.55. The summed E-state index contributed by atoms with van der Waals surface area (Å²) in [6.45, 7) is 8.15. The van der Waals surface area contributed by atoms with Gasteiger partial charge in [0.1, 0.15) is 0 Å². The third kappa shape index (κ3) is 4.11. The number of rotatable bonds is 4. The van der Waals surface area contributed by atoms with Crippen LogP contribution in [0.5, 0.6) is 0 Å². The number of ketones is 1. The second-order valence-electron chi connectivity index (χ2n) is 3.92. The molecule has 2 atom stereocenters. The Morgan fingerprint density at radius 3 is 2.67 bits per heavy atom. The molecule has 5 heteroatoms. The van der Waals surface area contributed by atoms with Crippen molar-refractivity contribution in [1.29, 1.82) is 0 Å². The van der Waals surface area contributed by atoms with Crippen molar-refractivity contribution in [2.24, 2.45) is 0 Å². The third-order valence-electron chi connectivity index (χ3n) is 2.62. The first kappa shape index (κ1) is 14.9. The standard InChI is InChI=1S/C10H17ClN2O.ClH/c1-8(2)9(14)4-5-13-7-6-12(3)10(13)11;/h10H,1,4-7H2,2-3H3;1H. The first-order valence-corrected chi connectivity index (χ1v) is 5.35. The second-order valence-corrected chi connectivity index (χ2v) is 4.34. The number of alkyl halides is 1. The molecule has 1 aliphatic heterocycles. The number of nitrogens with one attached hydrogen (secondary N) is 1. The summed E-state index contributed by atoms with van der Waals surface area (Å²) in [6.07, 6.45) is 0.534. The van der Waals surface area contributed by atoms with Crippen molar-refractivity contribution in [2.75, 3.05) is 26.7 Å². The predicted octanol–water partition coefficient (Wildman–Crippen LogP) is -3.12. The van der Waals surface area contributed by atoms with Crippen LogP contribution in [-0.2, 0) is 4.79 Å². The maximum Gasteiger partial charge on any atom is 0.221 e. The molecule has 1 N–H and O–H groups in total. The Bertz CT molecular complexity index is 246. The van der Waals surface area contributed by atoms with E-state index in [0.29, 0.717) is 12.0 Å². The van der Waals surface area contributed by atoms with Gasteiger partial charge in [0.15, 0.2) is 5.78 Å². The SMILES string of the molecule is C=C(C)C(=O)CCN1CC[NH+](C)C1Cl.[Cl-]. The van der Waals surface area contributed by atoms with E-state index in [0.717, 1.165) is 19.6 Å². The van der Waals surface area contributed by atoms with Crippen molar-refractivity contribution < 1.29 is 22.1 Å². The number of allylic oxidation sites excluding steroid dienone is 1. The Morgan fingerprint density at radius 1 is 1.67 bits per heavy atom. The van der Waals surface area contributed by atoms with Crippen LogP contribution in [0.3, 0.4) is 0 Å². The minimum absolute atomic E-state index is 0. The van der Waals surface area contributed by atoms with Crippen LogP contribution < -0.4 is 17.3 Å². The van der Waals surface area contributed by atoms with Crippen molar-refractivity contribution in [3.05, 3.63) is 12.2 Å². The van der Waals surface area contributed by atoms with E-state index >= 15 is 0 Å². The topological polar surface area (TPSA) is 24.8 Å². The summed E-state index contributed by atoms with van der Waals surface area (Å²) in [4.78, 5) is 14.7. The van der Waals surface area contributed by atoms with Gasteiger partial charge in [0.25, 0.3) is 0 Å². The Hall–Kier alpha value is -0.0900. The van der Waals surface area contributed by atoms with Crippen molar-refractivity contribution in [1.82, 2.24) is 4.90 Å². The predicted molar refractivity (Wildman–Crippen MR) is 57.4 cm³/mol. The van der Waals surface area contributed by atoms with Gasteiger partial charge in [0, 0.05) is 13.0 Å². The van der Waals surface area contributed by atoms with E-state index in [9.17, 15) is 4.79 Å². The van der Waals surface area contributed by atoms with Gasteiger partial charge < -0.3 is 17.3 Å². The van der Waals surface area contributed by atoms with Gasteiger partial charge in [-0.3, -0.25) is 4.79 Å². The molecule has 0 spiro atoms. The maximum atomic E-state index is 11.3. The van der Waals surface area contributed by atoms with Gasteiger partial charge >= 0.3 is 0 Å². The van der Waals surface area contributed by atoms with Crippen molar-refractivity contribution in [3.63, 3.8) is 0 Å². The van der Waals surface area contributed by atoms with Crippen LogP contribution in [-0.4, -0.2) is 43.0 Å². The van der Waals surface area contributed by atoms with Crippen LogP contribution in [0.2, 0.25) is 0 Å². The molecule has 1 aliphatic rings. The largest absolute Gasteiger partial charge is 1.00 e. The minimum atomic E-state index is 0. The van der Waals surface area contributed by atoms with Gasteiger partial charge in [-0.2, -0.15) is 0 Å². The molecule has 1 rings (SSSR count). The third-order valence-corrected chi connectivity index (χ3v) is 3.27. The van der Waals surface area contributed by atoms with Crippen LogP contribution >= 0.6 is 11.6 Å². The zero-order chi connectivity index (χ0) is 10.7. The van der Waals surface area contributed by atoms with Gasteiger partial charge in [-0.1, -0.05) is 6.58 Å². The van der Waals surface area contributed by atoms with E-state index in [1.165, 1.54) is 4.90 Å². The number of hydrogen-bond donors (Lipinski definition) is 1. The second kappa shape index (κ2) is 6.48. The highest BCUT2D eigenvalue weighted by Crippen LogP contribution is 2.05. The van der Waals surface area contributed by atoms with E-state index in [2.05, 4.69) is 18.5 Å². The van der Waals surface area contributed by atoms with Crippen molar-refractivity contribution >= 4 is 17.4 Å². The lowest BCUT2D eigenvalue weighted by molar-refractivity contribution is -0.884. The highest BCUT2D eigenvalue weighted by atomic mass is 35.5. The molecule has 15 heavy (non-hydrogen) atoms. The monoisotopic (exact) mass is 252 g/mol. The summed E-state index contributed by atoms with van der Waals surface area (Å²) in [5, 5.41) is 0. The minimum Gasteiger partial charge on any atom is -1.00 e. The lowest BCUT2D eigenvalue weighted by atomic mass is 10.1. The normalized spacial score (nSPS) is 26.1. The van der Waals surface area contributed by atoms with E-state index in [4.69, 9.17) is 11.6 Å². The van der Waals surface area contributed by atoms with Gasteiger partial charge in [-0.15, -0.1) is 0 Å². The highest BCUT2D eigenvalue weighted by Gasteiger charge is 2.30. The number of halogens is 2. The van der Waals surface area contributed by atoms with E-state index in [1.807, 2.05) is 0 Å². The number of carbonyl (C=O) groups is 1. The molecule has 0 aromatic heterocycles. The zero-order valence-electron chi connectivity index (χ0n) is 9.22. The van der Waals surface area contributed by atoms with Crippen LogP contribution in [0.1, 0.15) is 13.3 Å². The molecular formula is C10H18Cl2N2O. The average molecular weight is 253 g/mol. The van der Waals surface area contributed by atoms with Gasteiger partial charge in [0.2, 0.25) is 5.62 Å². The van der Waals surface area contributed by atoms with Gasteiger partial charge in [-0.25, -0.2) is 4.90 Å². The summed E-state index contributed by atoms with van der Waals surface area (Å²) in [6, 6.07) is 0. The molecule has 0 bridgehead atoms. The summed E-state index contributed by atoms with van der Waals surface area (Å²) in [5.41, 5.74) is 0.656. The summed E-state index contributed by atoms with van der Waals surface area (Å²) < 4.78 is 0. The molecule has 1 saturated heterocycles. The Labute approximate surface area is 102 Å². The molecule has 1 heterocycles. The lowest BCUT2D eigenvalue weighted by Gasteiger charge is -2.18. The molecule has 0 amide bonds. The number of quaternary nitrogens is 1. The number of hydrogen-bond acceptors (Lipinski definition) is 2. The first-order valence-electron chi connectivity index (χ1n) is 4.91. The number of likely N-dealkylation sites (N-methyl/N-ethyl adjacent to an activating group) is 1. The van der Waals surface area contributed by atoms with Gasteiger partial charge in [-0.05, 0) is 24.1 Å². The molecule has 1 fully saturated rings. The van der Waals surface area contributed by atoms with E-state index in [-0.39, 0.29) is 23.8 Å². The quantitative estimate of drug-likeness (QED) is 0.326. The molecule has 0 aliphatic carbocycles. The van der Waals surface area contributed by atoms with Crippen LogP contribution in [0.15, 0.2) is 12.2 Å². The maximum absolute atomic E-state index is 11.3. The zero-order valence-corrected chi connectivity index (χ0v) is 10.7. The van der Waals surface area contributed by atoms with Crippen LogP contribution in [0, 0.1) is 0 Å². The molecular weight excluding hydrogens is 235 g/mol. The Morgan fingerprint density at radius 2 is 2.27 bits per heavy atom. The van der Waals surface area contributed by atoms with E-state index < -0.39 is 0 Å². The first-order chi connectivity index (χ1) is 6.52. The highest BCUT2D eigenvalue weighted by molar-refractivity contribution is 6.19. The number of carbonyl (C=O) groups excluding carboxylic acids is 1. The summed E-state index contributed by atoms with van der Waals surface area (Å²) in [5.74, 6) is 0.137. The molecule has 0 aromatic rings. The van der Waals surface area contributed by atoms with Crippen LogP contribution in [0.25, 0.3) is 0 Å². The Kier molecular flexibility index (Phi) is 6.44. The average Bonchev–Trinajstić information content (AvgIpc) is 2.44. The van der Waals surface area contributed by atoms with Gasteiger partial charge in [0.05, 0.1) is 20.1 Å². The molecule has 2 unspecified atom stereocenters. The fourth-order valence-corrected chi connectivity index (χ4v) is 1.85. The smallest absolute Gasteiger partial charge is 0.221 e. The summed E-state index contributed by atoms with van der Waals surface area (Å²) >= 11 is 6.15. The molecule has 0 saturated carbocycles. The molecule has 88 valence electrons. The number of nitrogens with zero attached hydrogens (tertiary/aromatic N) is 1. The van der Waals surface area contributed by atoms with Crippen molar-refractivity contribution in [3.8, 4) is 0 Å². The molecule has 3 nitrogen and oxygen atoms in total. The molecule has 0 aromatic carbocycles. The van der Waals surface area contributed by atoms with Crippen molar-refractivity contribution in [2.45, 2.75) is 19.0 Å². The fraction of sp³-hybridized carbons (Fsp3) is 0.700. The lowest BCUT2D eigenvalue weighted by Crippen LogP contribution is -3.10. The van der Waals surface area contributed by atoms with Crippen LogP contribution in [0.4, 0.5) is 0 Å². The summed E-state index contributed by atoms with van der Waals surface area (Å²) in [7, 11) is 2.07.